The number of morpholine rings is 1. The first kappa shape index (κ1) is 16.1. The van der Waals surface area contributed by atoms with Crippen molar-refractivity contribution in [1.29, 1.82) is 0 Å². The van der Waals surface area contributed by atoms with E-state index in [4.69, 9.17) is 4.74 Å². The zero-order chi connectivity index (χ0) is 16.2. The fraction of sp³-hybridized carbons (Fsp3) is 0.667. The zero-order valence-electron chi connectivity index (χ0n) is 13.7. The first-order valence-electron chi connectivity index (χ1n) is 7.97. The minimum Gasteiger partial charge on any atom is -0.390 e. The van der Waals surface area contributed by atoms with E-state index >= 15 is 0 Å². The van der Waals surface area contributed by atoms with Crippen LogP contribution in [0.3, 0.4) is 0 Å². The van der Waals surface area contributed by atoms with Gasteiger partial charge in [-0.3, -0.25) is 9.58 Å². The lowest BCUT2D eigenvalue weighted by Crippen LogP contribution is -2.47. The van der Waals surface area contributed by atoms with Gasteiger partial charge in [-0.05, 0) is 19.9 Å². The average Bonchev–Trinajstić information content (AvgIpc) is 3.09. The Hall–Kier alpha value is -1.77. The molecule has 8 heteroatoms. The molecule has 2 aromatic heterocycles. The topological polar surface area (TPSA) is 81.2 Å². The zero-order valence-corrected chi connectivity index (χ0v) is 13.7. The van der Waals surface area contributed by atoms with Crippen molar-refractivity contribution >= 4 is 0 Å². The van der Waals surface area contributed by atoms with Crippen LogP contribution in [0.15, 0.2) is 18.5 Å². The summed E-state index contributed by atoms with van der Waals surface area (Å²) in [4.78, 5) is 6.56. The quantitative estimate of drug-likeness (QED) is 0.797. The number of hydrogen-bond acceptors (Lipinski definition) is 6. The molecular weight excluding hydrogens is 296 g/mol. The Morgan fingerprint density at radius 1 is 1.39 bits per heavy atom. The van der Waals surface area contributed by atoms with Crippen molar-refractivity contribution in [2.45, 2.75) is 39.1 Å². The minimum atomic E-state index is -0.441. The molecule has 0 unspecified atom stereocenters. The van der Waals surface area contributed by atoms with E-state index in [-0.39, 0.29) is 6.10 Å². The third-order valence-electron chi connectivity index (χ3n) is 3.99. The molecule has 1 N–H and O–H groups in total. The van der Waals surface area contributed by atoms with Crippen molar-refractivity contribution in [1.82, 2.24) is 29.4 Å². The molecule has 0 radical (unpaired) electrons. The highest BCUT2D eigenvalue weighted by molar-refractivity contribution is 4.89. The van der Waals surface area contributed by atoms with Gasteiger partial charge in [-0.15, -0.1) is 0 Å². The molecule has 23 heavy (non-hydrogen) atoms. The number of aliphatic hydroxyl groups is 1. The van der Waals surface area contributed by atoms with Crippen LogP contribution in [-0.2, 0) is 17.8 Å². The highest BCUT2D eigenvalue weighted by Gasteiger charge is 2.23. The van der Waals surface area contributed by atoms with Crippen LogP contribution in [0.2, 0.25) is 0 Å². The van der Waals surface area contributed by atoms with Crippen LogP contribution in [0, 0.1) is 13.8 Å². The van der Waals surface area contributed by atoms with Crippen molar-refractivity contribution in [2.24, 2.45) is 0 Å². The van der Waals surface area contributed by atoms with Gasteiger partial charge in [0, 0.05) is 32.0 Å². The van der Waals surface area contributed by atoms with Crippen molar-refractivity contribution in [3.63, 3.8) is 0 Å². The summed E-state index contributed by atoms with van der Waals surface area (Å²) in [6.45, 7) is 7.96. The molecule has 2 atom stereocenters. The predicted molar refractivity (Wildman–Crippen MR) is 83.9 cm³/mol. The second-order valence-corrected chi connectivity index (χ2v) is 6.02. The number of hydrogen-bond donors (Lipinski definition) is 1. The largest absolute Gasteiger partial charge is 0.390 e. The number of nitrogens with zero attached hydrogens (tertiary/aromatic N) is 6. The van der Waals surface area contributed by atoms with Gasteiger partial charge >= 0.3 is 0 Å². The second-order valence-electron chi connectivity index (χ2n) is 6.02. The molecule has 1 aliphatic rings. The van der Waals surface area contributed by atoms with Gasteiger partial charge in [0.15, 0.2) is 0 Å². The van der Waals surface area contributed by atoms with E-state index in [9.17, 15) is 5.11 Å². The lowest BCUT2D eigenvalue weighted by molar-refractivity contribution is -0.0500. The lowest BCUT2D eigenvalue weighted by Gasteiger charge is -2.34. The summed E-state index contributed by atoms with van der Waals surface area (Å²) in [5, 5.41) is 18.7. The van der Waals surface area contributed by atoms with Crippen LogP contribution in [0.5, 0.6) is 0 Å². The van der Waals surface area contributed by atoms with E-state index in [1.54, 1.807) is 10.9 Å². The first-order valence-corrected chi connectivity index (χ1v) is 7.97. The normalized spacial score (nSPS) is 20.7. The lowest BCUT2D eigenvalue weighted by atomic mass is 10.2. The van der Waals surface area contributed by atoms with Crippen molar-refractivity contribution in [3.05, 3.63) is 30.1 Å². The fourth-order valence-corrected chi connectivity index (χ4v) is 2.96. The molecule has 2 aromatic rings. The minimum absolute atomic E-state index is 0.0699. The summed E-state index contributed by atoms with van der Waals surface area (Å²) in [6.07, 6.45) is 3.21. The molecule has 0 spiro atoms. The van der Waals surface area contributed by atoms with Crippen molar-refractivity contribution in [3.8, 4) is 0 Å². The maximum Gasteiger partial charge on any atom is 0.147 e. The molecule has 3 heterocycles. The molecule has 0 saturated carbocycles. The molecule has 1 fully saturated rings. The van der Waals surface area contributed by atoms with E-state index in [0.29, 0.717) is 26.2 Å². The summed E-state index contributed by atoms with van der Waals surface area (Å²) in [7, 11) is 0. The Kier molecular flexibility index (Phi) is 5.04. The third kappa shape index (κ3) is 4.37. The van der Waals surface area contributed by atoms with Gasteiger partial charge in [-0.2, -0.15) is 10.2 Å². The Labute approximate surface area is 135 Å². The molecule has 0 aromatic carbocycles. The van der Waals surface area contributed by atoms with E-state index < -0.39 is 6.10 Å². The molecular formula is C15H24N6O2. The summed E-state index contributed by atoms with van der Waals surface area (Å²) in [5.41, 5.74) is 0. The monoisotopic (exact) mass is 320 g/mol. The fourth-order valence-electron chi connectivity index (χ4n) is 2.96. The van der Waals surface area contributed by atoms with E-state index in [0.717, 1.165) is 24.7 Å². The van der Waals surface area contributed by atoms with Gasteiger partial charge in [0.1, 0.15) is 11.6 Å². The summed E-state index contributed by atoms with van der Waals surface area (Å²) in [5.74, 6) is 1.69. The molecule has 126 valence electrons. The van der Waals surface area contributed by atoms with Crippen LogP contribution in [0.4, 0.5) is 0 Å². The Morgan fingerprint density at radius 3 is 2.96 bits per heavy atom. The molecule has 0 bridgehead atoms. The highest BCUT2D eigenvalue weighted by Crippen LogP contribution is 2.10. The van der Waals surface area contributed by atoms with Gasteiger partial charge in [0.05, 0.1) is 31.9 Å². The molecule has 1 saturated heterocycles. The number of aliphatic hydroxyl groups excluding tert-OH is 1. The SMILES string of the molecule is Cc1nc(C)n(C[C@@H]2CN(C[C@@H](O)Cn3cccn3)CCO2)n1. The average molecular weight is 320 g/mol. The maximum atomic E-state index is 10.2. The maximum absolute atomic E-state index is 10.2. The first-order chi connectivity index (χ1) is 11.1. The Bertz CT molecular complexity index is 612. The second kappa shape index (κ2) is 7.20. The Balaban J connectivity index is 1.50. The summed E-state index contributed by atoms with van der Waals surface area (Å²) >= 11 is 0. The van der Waals surface area contributed by atoms with Crippen LogP contribution < -0.4 is 0 Å². The molecule has 1 aliphatic heterocycles. The van der Waals surface area contributed by atoms with Gasteiger partial charge < -0.3 is 9.84 Å². The smallest absolute Gasteiger partial charge is 0.147 e. The molecule has 8 nitrogen and oxygen atoms in total. The number of ether oxygens (including phenoxy) is 1. The van der Waals surface area contributed by atoms with E-state index in [1.807, 2.05) is 30.8 Å². The van der Waals surface area contributed by atoms with Crippen LogP contribution >= 0.6 is 0 Å². The molecule has 0 aliphatic carbocycles. The predicted octanol–water partition coefficient (Wildman–Crippen LogP) is -0.147. The van der Waals surface area contributed by atoms with Crippen LogP contribution in [0.25, 0.3) is 0 Å². The van der Waals surface area contributed by atoms with Gasteiger partial charge in [-0.1, -0.05) is 0 Å². The Morgan fingerprint density at radius 2 is 2.26 bits per heavy atom. The number of rotatable bonds is 6. The number of aromatic nitrogens is 5. The van der Waals surface area contributed by atoms with Crippen LogP contribution in [0.1, 0.15) is 11.6 Å². The highest BCUT2D eigenvalue weighted by atomic mass is 16.5. The van der Waals surface area contributed by atoms with Crippen LogP contribution in [-0.4, -0.2) is 73.0 Å². The molecule has 3 rings (SSSR count). The summed E-state index contributed by atoms with van der Waals surface area (Å²) < 4.78 is 9.48. The van der Waals surface area contributed by atoms with Crippen molar-refractivity contribution in [2.75, 3.05) is 26.2 Å². The van der Waals surface area contributed by atoms with Gasteiger partial charge in [-0.25, -0.2) is 9.67 Å². The third-order valence-corrected chi connectivity index (χ3v) is 3.99. The van der Waals surface area contributed by atoms with E-state index in [1.165, 1.54) is 0 Å². The number of β-amino-alcohol motifs (C(OH)–C–C–N with tert-alkyl or cyclic N) is 1. The molecule has 0 amide bonds. The standard InChI is InChI=1S/C15H24N6O2/c1-12-17-13(2)21(18-12)11-15-10-19(6-7-23-15)8-14(22)9-20-5-3-4-16-20/h3-5,14-15,22H,6-11H2,1-2H3/t14-,15+/m1/s1. The van der Waals surface area contributed by atoms with Gasteiger partial charge in [0.2, 0.25) is 0 Å². The van der Waals surface area contributed by atoms with Gasteiger partial charge in [0.25, 0.3) is 0 Å². The number of aryl methyl sites for hydroxylation is 2. The summed E-state index contributed by atoms with van der Waals surface area (Å²) in [6, 6.07) is 1.86. The van der Waals surface area contributed by atoms with Crippen molar-refractivity contribution < 1.29 is 9.84 Å². The van der Waals surface area contributed by atoms with E-state index in [2.05, 4.69) is 20.1 Å².